The third-order valence-electron chi connectivity index (χ3n) is 6.76. The van der Waals surface area contributed by atoms with Crippen molar-refractivity contribution in [3.8, 4) is 5.75 Å². The number of aliphatic hydroxyl groups is 1. The molecule has 0 saturated heterocycles. The third kappa shape index (κ3) is 11.7. The molecule has 1 heterocycles. The maximum absolute atomic E-state index is 12.2. The molecule has 1 aliphatic heterocycles. The normalized spacial score (nSPS) is 15.2. The number of hydrogen-bond donors (Lipinski definition) is 4. The van der Waals surface area contributed by atoms with Crippen LogP contribution in [0, 0.1) is 0 Å². The highest BCUT2D eigenvalue weighted by atomic mass is 32.2. The van der Waals surface area contributed by atoms with E-state index >= 15 is 0 Å². The van der Waals surface area contributed by atoms with Crippen molar-refractivity contribution < 1.29 is 37.6 Å². The first-order valence-corrected chi connectivity index (χ1v) is 15.8. The average Bonchev–Trinajstić information content (AvgIpc) is 2.93. The number of aryl methyl sites for hydroxylation is 1. The van der Waals surface area contributed by atoms with Crippen LogP contribution in [0.25, 0.3) is 0 Å². The molecule has 2 aromatic rings. The summed E-state index contributed by atoms with van der Waals surface area (Å²) in [7, 11) is -3.83. The first kappa shape index (κ1) is 33.0. The number of rotatable bonds is 19. The van der Waals surface area contributed by atoms with Gasteiger partial charge < -0.3 is 29.7 Å². The molecule has 11 heteroatoms. The van der Waals surface area contributed by atoms with Crippen molar-refractivity contribution in [2.45, 2.75) is 82.2 Å². The Morgan fingerprint density at radius 3 is 2.59 bits per heavy atom. The summed E-state index contributed by atoms with van der Waals surface area (Å²) >= 11 is 0. The summed E-state index contributed by atoms with van der Waals surface area (Å²) in [4.78, 5) is 10.7. The molecule has 0 aliphatic carbocycles. The molecule has 41 heavy (non-hydrogen) atoms. The second kappa shape index (κ2) is 16.2. The number of aliphatic hydroxyl groups excluding tert-OH is 1. The summed E-state index contributed by atoms with van der Waals surface area (Å²) < 4.78 is 43.7. The van der Waals surface area contributed by atoms with E-state index < -0.39 is 34.4 Å². The van der Waals surface area contributed by atoms with E-state index in [1.165, 1.54) is 6.07 Å². The van der Waals surface area contributed by atoms with Crippen LogP contribution in [0.5, 0.6) is 5.75 Å². The summed E-state index contributed by atoms with van der Waals surface area (Å²) in [6, 6.07) is 12.3. The van der Waals surface area contributed by atoms with E-state index in [0.29, 0.717) is 19.8 Å². The van der Waals surface area contributed by atoms with E-state index in [0.717, 1.165) is 80.5 Å². The number of carboxylic acids is 1. The molecule has 1 atom stereocenters. The van der Waals surface area contributed by atoms with Crippen LogP contribution < -0.4 is 14.8 Å². The average molecular weight is 593 g/mol. The number of fused-ring (bicyclic) bond motifs is 1. The summed E-state index contributed by atoms with van der Waals surface area (Å²) in [5.41, 5.74) is 2.70. The Balaban J connectivity index is 1.17. The number of aliphatic carboxylic acids is 1. The van der Waals surface area contributed by atoms with Crippen molar-refractivity contribution >= 4 is 16.0 Å². The van der Waals surface area contributed by atoms with E-state index in [1.54, 1.807) is 12.1 Å². The third-order valence-corrected chi connectivity index (χ3v) is 8.16. The molecular formula is C30H44N2O8S. The minimum atomic E-state index is -3.83. The van der Waals surface area contributed by atoms with Crippen LogP contribution in [0.4, 0.5) is 0 Å². The Morgan fingerprint density at radius 1 is 1.05 bits per heavy atom. The van der Waals surface area contributed by atoms with Crippen LogP contribution in [-0.4, -0.2) is 63.2 Å². The van der Waals surface area contributed by atoms with E-state index in [4.69, 9.17) is 19.3 Å². The zero-order valence-electron chi connectivity index (χ0n) is 24.1. The van der Waals surface area contributed by atoms with E-state index in [1.807, 2.05) is 38.1 Å². The number of carbonyl (C=O) groups is 1. The van der Waals surface area contributed by atoms with Crippen molar-refractivity contribution in [3.05, 3.63) is 59.2 Å². The van der Waals surface area contributed by atoms with Crippen molar-refractivity contribution in [1.82, 2.24) is 10.0 Å². The molecule has 3 rings (SSSR count). The molecule has 0 saturated carbocycles. The highest BCUT2D eigenvalue weighted by Crippen LogP contribution is 2.32. The lowest BCUT2D eigenvalue weighted by atomic mass is 10.0. The lowest BCUT2D eigenvalue weighted by molar-refractivity contribution is -0.180. The number of carboxylic acid groups (broad SMARTS) is 1. The quantitative estimate of drug-likeness (QED) is 0.179. The van der Waals surface area contributed by atoms with Gasteiger partial charge in [-0.15, -0.1) is 0 Å². The summed E-state index contributed by atoms with van der Waals surface area (Å²) in [5.74, 6) is -1.05. The maximum Gasteiger partial charge on any atom is 0.318 e. The van der Waals surface area contributed by atoms with Crippen LogP contribution in [0.1, 0.15) is 75.2 Å². The number of nitrogens with one attached hydrogen (secondary N) is 2. The van der Waals surface area contributed by atoms with Gasteiger partial charge in [0.15, 0.2) is 0 Å². The van der Waals surface area contributed by atoms with Gasteiger partial charge in [-0.05, 0) is 74.0 Å². The van der Waals surface area contributed by atoms with Gasteiger partial charge in [-0.25, -0.2) is 8.42 Å². The second-order valence-electron chi connectivity index (χ2n) is 10.7. The smallest absolute Gasteiger partial charge is 0.318 e. The fraction of sp³-hybridized carbons (Fsp3) is 0.567. The highest BCUT2D eigenvalue weighted by molar-refractivity contribution is 7.89. The predicted octanol–water partition coefficient (Wildman–Crippen LogP) is 3.92. The van der Waals surface area contributed by atoms with Gasteiger partial charge in [0.25, 0.3) is 0 Å². The molecule has 0 spiro atoms. The molecular weight excluding hydrogens is 548 g/mol. The van der Waals surface area contributed by atoms with E-state index in [2.05, 4.69) is 10.0 Å². The van der Waals surface area contributed by atoms with Gasteiger partial charge in [-0.3, -0.25) is 4.79 Å². The number of hydrogen-bond acceptors (Lipinski definition) is 8. The number of unbranched alkanes of at least 4 members (excludes halogenated alkanes) is 4. The van der Waals surface area contributed by atoms with E-state index in [-0.39, 0.29) is 4.90 Å². The fourth-order valence-electron chi connectivity index (χ4n) is 4.47. The van der Waals surface area contributed by atoms with Gasteiger partial charge in [0.1, 0.15) is 12.3 Å². The lowest BCUT2D eigenvalue weighted by Crippen LogP contribution is -2.35. The van der Waals surface area contributed by atoms with Gasteiger partial charge >= 0.3 is 5.97 Å². The molecule has 0 amide bonds. The maximum atomic E-state index is 12.2. The largest absolute Gasteiger partial charge is 0.480 e. The molecule has 0 unspecified atom stereocenters. The molecule has 2 aromatic carbocycles. The molecule has 0 bridgehead atoms. The Kier molecular flexibility index (Phi) is 13.0. The number of benzene rings is 2. The molecule has 10 nitrogen and oxygen atoms in total. The molecule has 0 radical (unpaired) electrons. The van der Waals surface area contributed by atoms with Gasteiger partial charge in [-0.1, -0.05) is 31.0 Å². The SMILES string of the molecule is CC1(C)OCc2cc([C@H](O)CNCCCCCCOCCCCc3cccc(S(=O)(=O)NCC(=O)O)c3)ccc2O1. The number of sulfonamides is 1. The van der Waals surface area contributed by atoms with Crippen molar-refractivity contribution in [3.63, 3.8) is 0 Å². The van der Waals surface area contributed by atoms with Gasteiger partial charge in [-0.2, -0.15) is 4.72 Å². The van der Waals surface area contributed by atoms with Gasteiger partial charge in [0.2, 0.25) is 15.8 Å². The second-order valence-corrected chi connectivity index (χ2v) is 12.5. The topological polar surface area (TPSA) is 143 Å². The van der Waals surface area contributed by atoms with Crippen LogP contribution in [-0.2, 0) is 37.3 Å². The van der Waals surface area contributed by atoms with Crippen LogP contribution >= 0.6 is 0 Å². The zero-order chi connectivity index (χ0) is 29.7. The minimum absolute atomic E-state index is 0.0728. The number of ether oxygens (including phenoxy) is 3. The minimum Gasteiger partial charge on any atom is -0.480 e. The molecule has 0 aromatic heterocycles. The van der Waals surface area contributed by atoms with Crippen LogP contribution in [0.2, 0.25) is 0 Å². The predicted molar refractivity (Wildman–Crippen MR) is 155 cm³/mol. The fourth-order valence-corrected chi connectivity index (χ4v) is 5.52. The summed E-state index contributed by atoms with van der Waals surface area (Å²) in [6.07, 6.45) is 6.11. The Morgan fingerprint density at radius 2 is 1.80 bits per heavy atom. The van der Waals surface area contributed by atoms with Crippen molar-refractivity contribution in [2.75, 3.05) is 32.8 Å². The first-order valence-electron chi connectivity index (χ1n) is 14.3. The van der Waals surface area contributed by atoms with Gasteiger partial charge in [0.05, 0.1) is 17.6 Å². The summed E-state index contributed by atoms with van der Waals surface area (Å²) in [6.45, 7) is 6.32. The van der Waals surface area contributed by atoms with Gasteiger partial charge in [0, 0.05) is 39.2 Å². The standard InChI is InChI=1S/C30H44N2O8S/c1-30(2)39-22-25-19-24(13-14-28(25)40-30)27(33)20-31-15-6-3-4-7-16-38-17-8-5-10-23-11-9-12-26(18-23)41(36,37)32-21-29(34)35/h9,11-14,18-19,27,31-33H,3-8,10,15-17,20-22H2,1-2H3,(H,34,35)/t27-/m1/s1. The molecule has 1 aliphatic rings. The monoisotopic (exact) mass is 592 g/mol. The first-order chi connectivity index (χ1) is 19.6. The summed E-state index contributed by atoms with van der Waals surface area (Å²) in [5, 5.41) is 22.5. The zero-order valence-corrected chi connectivity index (χ0v) is 24.9. The Hall–Kier alpha value is -2.54. The van der Waals surface area contributed by atoms with Crippen LogP contribution in [0.3, 0.4) is 0 Å². The van der Waals surface area contributed by atoms with Crippen molar-refractivity contribution in [1.29, 1.82) is 0 Å². The molecule has 0 fully saturated rings. The molecule has 4 N–H and O–H groups in total. The lowest BCUT2D eigenvalue weighted by Gasteiger charge is -2.33. The highest BCUT2D eigenvalue weighted by Gasteiger charge is 2.27. The Labute approximate surface area is 243 Å². The molecule has 228 valence electrons. The van der Waals surface area contributed by atoms with Crippen LogP contribution in [0.15, 0.2) is 47.4 Å². The van der Waals surface area contributed by atoms with Crippen molar-refractivity contribution in [2.24, 2.45) is 0 Å². The van der Waals surface area contributed by atoms with E-state index in [9.17, 15) is 18.3 Å². The Bertz CT molecular complexity index is 1220.